The Balaban J connectivity index is 2.18. The fraction of sp³-hybridized carbons (Fsp3) is 0.600. The van der Waals surface area contributed by atoms with Crippen LogP contribution in [0.3, 0.4) is 0 Å². The van der Waals surface area contributed by atoms with Gasteiger partial charge in [0.05, 0.1) is 0 Å². The highest BCUT2D eigenvalue weighted by Crippen LogP contribution is 2.25. The molecule has 0 aliphatic carbocycles. The molecule has 1 aliphatic rings. The van der Waals surface area contributed by atoms with E-state index in [2.05, 4.69) is 55.0 Å². The van der Waals surface area contributed by atoms with Crippen LogP contribution in [0, 0.1) is 6.92 Å². The molecule has 100 valence electrons. The Morgan fingerprint density at radius 2 is 1.83 bits per heavy atom. The van der Waals surface area contributed by atoms with Crippen LogP contribution in [0.15, 0.2) is 24.3 Å². The van der Waals surface area contributed by atoms with Crippen molar-refractivity contribution in [3.05, 3.63) is 35.4 Å². The topological polar surface area (TPSA) is 32.5 Å². The highest BCUT2D eigenvalue weighted by molar-refractivity contribution is 5.26. The zero-order valence-electron chi connectivity index (χ0n) is 11.8. The molecule has 2 rings (SSSR count). The van der Waals surface area contributed by atoms with Crippen molar-refractivity contribution in [1.29, 1.82) is 0 Å². The van der Waals surface area contributed by atoms with Crippen LogP contribution in [0.25, 0.3) is 0 Å². The van der Waals surface area contributed by atoms with Gasteiger partial charge in [-0.1, -0.05) is 29.8 Å². The van der Waals surface area contributed by atoms with Gasteiger partial charge in [0.1, 0.15) is 0 Å². The average Bonchev–Trinajstić information content (AvgIpc) is 2.32. The number of nitrogens with zero attached hydrogens (tertiary/aromatic N) is 2. The van der Waals surface area contributed by atoms with Crippen LogP contribution in [0.2, 0.25) is 0 Å². The van der Waals surface area contributed by atoms with Crippen LogP contribution in [-0.2, 0) is 0 Å². The summed E-state index contributed by atoms with van der Waals surface area (Å²) in [5.41, 5.74) is 8.90. The lowest BCUT2D eigenvalue weighted by Gasteiger charge is -2.40. The first kappa shape index (κ1) is 13.5. The van der Waals surface area contributed by atoms with Crippen molar-refractivity contribution in [2.75, 3.05) is 33.2 Å². The maximum atomic E-state index is 6.23. The van der Waals surface area contributed by atoms with E-state index >= 15 is 0 Å². The van der Waals surface area contributed by atoms with Crippen LogP contribution < -0.4 is 5.73 Å². The quantitative estimate of drug-likeness (QED) is 0.881. The number of likely N-dealkylation sites (N-methyl/N-ethyl adjacent to an activating group) is 1. The van der Waals surface area contributed by atoms with Crippen LogP contribution in [0.4, 0.5) is 0 Å². The third-order valence-electron chi connectivity index (χ3n) is 3.81. The fourth-order valence-corrected chi connectivity index (χ4v) is 2.80. The summed E-state index contributed by atoms with van der Waals surface area (Å²) in [5, 5.41) is 0. The van der Waals surface area contributed by atoms with E-state index < -0.39 is 0 Å². The molecule has 0 spiro atoms. The summed E-state index contributed by atoms with van der Waals surface area (Å²) in [5.74, 6) is 0. The first-order chi connectivity index (χ1) is 8.58. The van der Waals surface area contributed by atoms with E-state index in [1.165, 1.54) is 11.1 Å². The minimum Gasteiger partial charge on any atom is -0.326 e. The molecule has 1 saturated heterocycles. The molecule has 0 saturated carbocycles. The van der Waals surface area contributed by atoms with Crippen LogP contribution in [0.1, 0.15) is 24.1 Å². The molecule has 1 aromatic rings. The number of aryl methyl sites for hydroxylation is 1. The third-order valence-corrected chi connectivity index (χ3v) is 3.81. The molecular formula is C15H25N3. The van der Waals surface area contributed by atoms with Gasteiger partial charge in [-0.15, -0.1) is 0 Å². The lowest BCUT2D eigenvalue weighted by atomic mass is 9.97. The van der Waals surface area contributed by atoms with E-state index in [0.717, 1.165) is 26.2 Å². The number of benzene rings is 1. The van der Waals surface area contributed by atoms with Gasteiger partial charge in [-0.2, -0.15) is 0 Å². The second-order valence-corrected chi connectivity index (χ2v) is 5.56. The summed E-state index contributed by atoms with van der Waals surface area (Å²) in [7, 11) is 2.19. The Labute approximate surface area is 111 Å². The van der Waals surface area contributed by atoms with E-state index in [4.69, 9.17) is 5.73 Å². The first-order valence-corrected chi connectivity index (χ1v) is 6.82. The fourth-order valence-electron chi connectivity index (χ4n) is 2.80. The van der Waals surface area contributed by atoms with Crippen molar-refractivity contribution in [2.45, 2.75) is 25.9 Å². The number of piperazine rings is 1. The van der Waals surface area contributed by atoms with E-state index in [1.807, 2.05) is 0 Å². The standard InChI is InChI=1S/C15H25N3/c1-12-5-4-6-14(11-12)15(13(2)16)18-9-7-17(3)8-10-18/h4-6,11,13,15H,7-10,16H2,1-3H3. The Kier molecular flexibility index (Phi) is 4.38. The molecule has 1 aromatic carbocycles. The second-order valence-electron chi connectivity index (χ2n) is 5.56. The van der Waals surface area contributed by atoms with E-state index in [9.17, 15) is 0 Å². The van der Waals surface area contributed by atoms with Gasteiger partial charge in [0, 0.05) is 38.3 Å². The maximum absolute atomic E-state index is 6.23. The molecule has 3 heteroatoms. The predicted octanol–water partition coefficient (Wildman–Crippen LogP) is 1.63. The largest absolute Gasteiger partial charge is 0.326 e. The number of hydrogen-bond acceptors (Lipinski definition) is 3. The van der Waals surface area contributed by atoms with E-state index in [-0.39, 0.29) is 6.04 Å². The van der Waals surface area contributed by atoms with Crippen LogP contribution >= 0.6 is 0 Å². The van der Waals surface area contributed by atoms with Gasteiger partial charge in [0.15, 0.2) is 0 Å². The van der Waals surface area contributed by atoms with Gasteiger partial charge in [0.2, 0.25) is 0 Å². The number of rotatable bonds is 3. The average molecular weight is 247 g/mol. The van der Waals surface area contributed by atoms with E-state index in [0.29, 0.717) is 6.04 Å². The summed E-state index contributed by atoms with van der Waals surface area (Å²) in [6, 6.07) is 9.27. The SMILES string of the molecule is Cc1cccc(C(C(C)N)N2CCN(C)CC2)c1. The summed E-state index contributed by atoms with van der Waals surface area (Å²) in [6.07, 6.45) is 0. The van der Waals surface area contributed by atoms with Crippen molar-refractivity contribution in [1.82, 2.24) is 9.80 Å². The molecular weight excluding hydrogens is 222 g/mol. The highest BCUT2D eigenvalue weighted by Gasteiger charge is 2.26. The van der Waals surface area contributed by atoms with Gasteiger partial charge in [0.25, 0.3) is 0 Å². The maximum Gasteiger partial charge on any atom is 0.0497 e. The molecule has 1 heterocycles. The Hall–Kier alpha value is -0.900. The molecule has 2 N–H and O–H groups in total. The zero-order chi connectivity index (χ0) is 13.1. The Morgan fingerprint density at radius 1 is 1.17 bits per heavy atom. The molecule has 2 unspecified atom stereocenters. The normalized spacial score (nSPS) is 21.8. The van der Waals surface area contributed by atoms with Crippen LogP contribution in [0.5, 0.6) is 0 Å². The number of hydrogen-bond donors (Lipinski definition) is 1. The molecule has 0 amide bonds. The van der Waals surface area contributed by atoms with E-state index in [1.54, 1.807) is 0 Å². The van der Waals surface area contributed by atoms with Crippen molar-refractivity contribution in [2.24, 2.45) is 5.73 Å². The van der Waals surface area contributed by atoms with Crippen molar-refractivity contribution in [3.8, 4) is 0 Å². The lowest BCUT2D eigenvalue weighted by molar-refractivity contribution is 0.101. The van der Waals surface area contributed by atoms with Crippen molar-refractivity contribution >= 4 is 0 Å². The summed E-state index contributed by atoms with van der Waals surface area (Å²) >= 11 is 0. The lowest BCUT2D eigenvalue weighted by Crippen LogP contribution is -2.49. The molecule has 0 bridgehead atoms. The molecule has 3 nitrogen and oxygen atoms in total. The highest BCUT2D eigenvalue weighted by atomic mass is 15.3. The zero-order valence-corrected chi connectivity index (χ0v) is 11.8. The molecule has 1 fully saturated rings. The van der Waals surface area contributed by atoms with Gasteiger partial charge in [-0.05, 0) is 26.5 Å². The number of nitrogens with two attached hydrogens (primary N) is 1. The van der Waals surface area contributed by atoms with Gasteiger partial charge >= 0.3 is 0 Å². The van der Waals surface area contributed by atoms with Gasteiger partial charge in [-0.25, -0.2) is 0 Å². The molecule has 0 radical (unpaired) electrons. The first-order valence-electron chi connectivity index (χ1n) is 6.82. The summed E-state index contributed by atoms with van der Waals surface area (Å²) in [4.78, 5) is 4.91. The molecule has 2 atom stereocenters. The third kappa shape index (κ3) is 3.10. The molecule has 1 aliphatic heterocycles. The minimum absolute atomic E-state index is 0.162. The Bertz CT molecular complexity index is 381. The summed E-state index contributed by atoms with van der Waals surface area (Å²) in [6.45, 7) is 8.74. The van der Waals surface area contributed by atoms with Crippen LogP contribution in [-0.4, -0.2) is 49.1 Å². The second kappa shape index (κ2) is 5.83. The Morgan fingerprint density at radius 3 is 2.39 bits per heavy atom. The monoisotopic (exact) mass is 247 g/mol. The smallest absolute Gasteiger partial charge is 0.0497 e. The molecule has 0 aromatic heterocycles. The van der Waals surface area contributed by atoms with Crippen molar-refractivity contribution < 1.29 is 0 Å². The van der Waals surface area contributed by atoms with Gasteiger partial charge in [-0.3, -0.25) is 4.90 Å². The molecule has 18 heavy (non-hydrogen) atoms. The van der Waals surface area contributed by atoms with Gasteiger partial charge < -0.3 is 10.6 Å². The minimum atomic E-state index is 0.162. The van der Waals surface area contributed by atoms with Crippen molar-refractivity contribution in [3.63, 3.8) is 0 Å². The summed E-state index contributed by atoms with van der Waals surface area (Å²) < 4.78 is 0. The predicted molar refractivity (Wildman–Crippen MR) is 76.6 cm³/mol.